The Morgan fingerprint density at radius 2 is 2.12 bits per heavy atom. The van der Waals surface area contributed by atoms with Crippen LogP contribution in [-0.2, 0) is 0 Å². The van der Waals surface area contributed by atoms with Crippen molar-refractivity contribution >= 4 is 17.1 Å². The van der Waals surface area contributed by atoms with E-state index in [1.807, 2.05) is 18.4 Å². The molecular formula is C14H21NOS. The van der Waals surface area contributed by atoms with E-state index in [-0.39, 0.29) is 11.2 Å². The number of ketones is 1. The Bertz CT molecular complexity index is 391. The fourth-order valence-corrected chi connectivity index (χ4v) is 3.49. The molecule has 1 saturated carbocycles. The molecule has 0 aromatic carbocycles. The molecule has 3 heteroatoms. The number of carbonyl (C=O) groups excluding carboxylic acids is 1. The monoisotopic (exact) mass is 251 g/mol. The van der Waals surface area contributed by atoms with Gasteiger partial charge in [-0.3, -0.25) is 4.79 Å². The summed E-state index contributed by atoms with van der Waals surface area (Å²) < 4.78 is 0. The summed E-state index contributed by atoms with van der Waals surface area (Å²) in [6.45, 7) is 2.70. The van der Waals surface area contributed by atoms with E-state index in [0.29, 0.717) is 13.0 Å². The van der Waals surface area contributed by atoms with Crippen molar-refractivity contribution in [3.8, 4) is 0 Å². The predicted octanol–water partition coefficient (Wildman–Crippen LogP) is 3.54. The van der Waals surface area contributed by atoms with Gasteiger partial charge >= 0.3 is 0 Å². The van der Waals surface area contributed by atoms with Gasteiger partial charge in [0.05, 0.1) is 0 Å². The summed E-state index contributed by atoms with van der Waals surface area (Å²) in [7, 11) is 0. The first-order chi connectivity index (χ1) is 8.15. The predicted molar refractivity (Wildman–Crippen MR) is 72.6 cm³/mol. The third kappa shape index (κ3) is 2.96. The number of Topliss-reactive ketones (excluding diaryl/α,β-unsaturated/α-hetero) is 1. The van der Waals surface area contributed by atoms with Gasteiger partial charge in [0.15, 0.2) is 5.78 Å². The van der Waals surface area contributed by atoms with Gasteiger partial charge in [0, 0.05) is 22.2 Å². The van der Waals surface area contributed by atoms with Gasteiger partial charge in [0.2, 0.25) is 0 Å². The smallest absolute Gasteiger partial charge is 0.164 e. The first-order valence-corrected chi connectivity index (χ1v) is 7.32. The van der Waals surface area contributed by atoms with Gasteiger partial charge in [-0.25, -0.2) is 0 Å². The summed E-state index contributed by atoms with van der Waals surface area (Å²) in [6, 6.07) is 2.00. The second-order valence-electron chi connectivity index (χ2n) is 5.31. The lowest BCUT2D eigenvalue weighted by Crippen LogP contribution is -2.35. The van der Waals surface area contributed by atoms with Gasteiger partial charge < -0.3 is 5.73 Å². The Morgan fingerprint density at radius 1 is 1.41 bits per heavy atom. The third-order valence-corrected chi connectivity index (χ3v) is 4.80. The number of hydrogen-bond donors (Lipinski definition) is 1. The summed E-state index contributed by atoms with van der Waals surface area (Å²) in [5.74, 6) is 0.279. The molecule has 0 aliphatic heterocycles. The molecule has 2 rings (SSSR count). The van der Waals surface area contributed by atoms with E-state index >= 15 is 0 Å². The largest absolute Gasteiger partial charge is 0.330 e. The highest BCUT2D eigenvalue weighted by atomic mass is 32.1. The fraction of sp³-hybridized carbons (Fsp3) is 0.643. The fourth-order valence-electron chi connectivity index (χ4n) is 2.79. The van der Waals surface area contributed by atoms with Gasteiger partial charge in [-0.15, -0.1) is 11.3 Å². The number of hydrogen-bond acceptors (Lipinski definition) is 3. The van der Waals surface area contributed by atoms with Crippen molar-refractivity contribution < 1.29 is 4.79 Å². The van der Waals surface area contributed by atoms with Crippen LogP contribution in [0, 0.1) is 12.3 Å². The first kappa shape index (κ1) is 12.8. The molecule has 0 radical (unpaired) electrons. The first-order valence-electron chi connectivity index (χ1n) is 6.44. The normalized spacial score (nSPS) is 19.2. The van der Waals surface area contributed by atoms with Crippen LogP contribution in [0.3, 0.4) is 0 Å². The SMILES string of the molecule is Cc1cc(C(=O)CC2(CN)CCCCC2)cs1. The van der Waals surface area contributed by atoms with E-state index in [2.05, 4.69) is 0 Å². The number of aryl methyl sites for hydroxylation is 1. The molecule has 94 valence electrons. The molecule has 1 aliphatic rings. The van der Waals surface area contributed by atoms with Crippen LogP contribution < -0.4 is 5.73 Å². The van der Waals surface area contributed by atoms with Crippen LogP contribution in [0.1, 0.15) is 53.8 Å². The van der Waals surface area contributed by atoms with Crippen molar-refractivity contribution in [2.45, 2.75) is 45.4 Å². The molecule has 1 aromatic rings. The highest BCUT2D eigenvalue weighted by molar-refractivity contribution is 7.10. The van der Waals surface area contributed by atoms with E-state index in [1.54, 1.807) is 11.3 Å². The van der Waals surface area contributed by atoms with Gasteiger partial charge in [0.1, 0.15) is 0 Å². The van der Waals surface area contributed by atoms with Gasteiger partial charge in [-0.1, -0.05) is 19.3 Å². The molecule has 0 atom stereocenters. The van der Waals surface area contributed by atoms with Crippen molar-refractivity contribution in [3.63, 3.8) is 0 Å². The van der Waals surface area contributed by atoms with Gasteiger partial charge in [-0.2, -0.15) is 0 Å². The van der Waals surface area contributed by atoms with E-state index in [4.69, 9.17) is 5.73 Å². The van der Waals surface area contributed by atoms with Crippen LogP contribution in [0.4, 0.5) is 0 Å². The standard InChI is InChI=1S/C14H21NOS/c1-11-7-12(9-17-11)13(16)8-14(10-15)5-3-2-4-6-14/h7,9H,2-6,8,10,15H2,1H3. The number of thiophene rings is 1. The maximum atomic E-state index is 12.2. The Labute approximate surface area is 107 Å². The molecule has 0 spiro atoms. The zero-order valence-electron chi connectivity index (χ0n) is 10.5. The molecule has 1 fully saturated rings. The number of nitrogens with two attached hydrogens (primary N) is 1. The Kier molecular flexibility index (Phi) is 4.00. The van der Waals surface area contributed by atoms with Crippen LogP contribution in [0.2, 0.25) is 0 Å². The molecule has 2 N–H and O–H groups in total. The van der Waals surface area contributed by atoms with Crippen molar-refractivity contribution in [2.75, 3.05) is 6.54 Å². The highest BCUT2D eigenvalue weighted by Gasteiger charge is 2.33. The van der Waals surface area contributed by atoms with Crippen LogP contribution in [0.5, 0.6) is 0 Å². The van der Waals surface area contributed by atoms with Gasteiger partial charge in [0.25, 0.3) is 0 Å². The Balaban J connectivity index is 2.05. The molecule has 1 aliphatic carbocycles. The molecular weight excluding hydrogens is 230 g/mol. The second kappa shape index (κ2) is 5.32. The van der Waals surface area contributed by atoms with Gasteiger partial charge in [-0.05, 0) is 37.8 Å². The van der Waals surface area contributed by atoms with Crippen molar-refractivity contribution in [1.82, 2.24) is 0 Å². The molecule has 2 nitrogen and oxygen atoms in total. The van der Waals surface area contributed by atoms with E-state index in [1.165, 1.54) is 24.1 Å². The van der Waals surface area contributed by atoms with Crippen LogP contribution >= 0.6 is 11.3 Å². The van der Waals surface area contributed by atoms with E-state index < -0.39 is 0 Å². The van der Waals surface area contributed by atoms with Crippen LogP contribution in [-0.4, -0.2) is 12.3 Å². The second-order valence-corrected chi connectivity index (χ2v) is 6.43. The third-order valence-electron chi connectivity index (χ3n) is 3.94. The summed E-state index contributed by atoms with van der Waals surface area (Å²) in [5.41, 5.74) is 6.89. The van der Waals surface area contributed by atoms with Crippen molar-refractivity contribution in [2.24, 2.45) is 11.1 Å². The maximum absolute atomic E-state index is 12.2. The summed E-state index contributed by atoms with van der Waals surface area (Å²) in [6.07, 6.45) is 6.64. The van der Waals surface area contributed by atoms with E-state index in [0.717, 1.165) is 18.4 Å². The molecule has 17 heavy (non-hydrogen) atoms. The lowest BCUT2D eigenvalue weighted by atomic mass is 9.70. The molecule has 0 bridgehead atoms. The van der Waals surface area contributed by atoms with Crippen LogP contribution in [0.25, 0.3) is 0 Å². The molecule has 1 heterocycles. The zero-order chi connectivity index (χ0) is 12.3. The number of rotatable bonds is 4. The minimum Gasteiger partial charge on any atom is -0.330 e. The summed E-state index contributed by atoms with van der Waals surface area (Å²) >= 11 is 1.65. The molecule has 0 unspecified atom stereocenters. The van der Waals surface area contributed by atoms with Crippen LogP contribution in [0.15, 0.2) is 11.4 Å². The lowest BCUT2D eigenvalue weighted by Gasteiger charge is -2.35. The topological polar surface area (TPSA) is 43.1 Å². The average molecular weight is 251 g/mol. The van der Waals surface area contributed by atoms with Crippen molar-refractivity contribution in [3.05, 3.63) is 21.9 Å². The summed E-state index contributed by atoms with van der Waals surface area (Å²) in [5, 5.41) is 1.98. The van der Waals surface area contributed by atoms with Crippen molar-refractivity contribution in [1.29, 1.82) is 0 Å². The Hall–Kier alpha value is -0.670. The maximum Gasteiger partial charge on any atom is 0.164 e. The Morgan fingerprint density at radius 3 is 2.65 bits per heavy atom. The lowest BCUT2D eigenvalue weighted by molar-refractivity contribution is 0.0868. The minimum atomic E-state index is 0.0885. The summed E-state index contributed by atoms with van der Waals surface area (Å²) in [4.78, 5) is 13.4. The minimum absolute atomic E-state index is 0.0885. The number of carbonyl (C=O) groups is 1. The van der Waals surface area contributed by atoms with E-state index in [9.17, 15) is 4.79 Å². The zero-order valence-corrected chi connectivity index (χ0v) is 11.3. The molecule has 0 saturated heterocycles. The molecule has 1 aromatic heterocycles. The highest BCUT2D eigenvalue weighted by Crippen LogP contribution is 2.39. The molecule has 0 amide bonds. The quantitative estimate of drug-likeness (QED) is 0.832. The average Bonchev–Trinajstić information content (AvgIpc) is 2.77.